The van der Waals surface area contributed by atoms with E-state index in [0.29, 0.717) is 10.8 Å². The highest BCUT2D eigenvalue weighted by molar-refractivity contribution is 6.30. The molecule has 2 rings (SSSR count). The van der Waals surface area contributed by atoms with E-state index in [2.05, 4.69) is 4.98 Å². The molecule has 1 aromatic heterocycles. The second kappa shape index (κ2) is 5.71. The Morgan fingerprint density at radius 2 is 2.32 bits per heavy atom. The lowest BCUT2D eigenvalue weighted by atomic mass is 10.3. The molecule has 0 aliphatic rings. The molecule has 0 spiro atoms. The highest BCUT2D eigenvalue weighted by Crippen LogP contribution is 2.30. The lowest BCUT2D eigenvalue weighted by Gasteiger charge is -2.08. The van der Waals surface area contributed by atoms with Crippen LogP contribution in [-0.2, 0) is 13.2 Å². The van der Waals surface area contributed by atoms with Crippen LogP contribution >= 0.6 is 11.6 Å². The summed E-state index contributed by atoms with van der Waals surface area (Å²) in [7, 11) is 0. The minimum atomic E-state index is -0.502. The normalized spacial score (nSPS) is 10.4. The van der Waals surface area contributed by atoms with Crippen molar-refractivity contribution in [2.24, 2.45) is 0 Å². The Morgan fingerprint density at radius 1 is 1.53 bits per heavy atom. The number of benzene rings is 1. The van der Waals surface area contributed by atoms with E-state index in [4.69, 9.17) is 16.3 Å². The van der Waals surface area contributed by atoms with Crippen LogP contribution in [0.25, 0.3) is 0 Å². The predicted molar refractivity (Wildman–Crippen MR) is 70.3 cm³/mol. The van der Waals surface area contributed by atoms with Crippen LogP contribution in [0.3, 0.4) is 0 Å². The van der Waals surface area contributed by atoms with Crippen molar-refractivity contribution in [2.75, 3.05) is 0 Å². The van der Waals surface area contributed by atoms with Crippen LogP contribution in [0.5, 0.6) is 5.75 Å². The van der Waals surface area contributed by atoms with Gasteiger partial charge >= 0.3 is 5.69 Å². The van der Waals surface area contributed by atoms with Gasteiger partial charge in [0.15, 0.2) is 5.75 Å². The summed E-state index contributed by atoms with van der Waals surface area (Å²) in [6.07, 6.45) is 3.49. The second-order valence-corrected chi connectivity index (χ2v) is 4.22. The second-order valence-electron chi connectivity index (χ2n) is 3.79. The quantitative estimate of drug-likeness (QED) is 0.624. The average molecular weight is 282 g/mol. The number of imidazole rings is 1. The number of ether oxygens (including phenoxy) is 1. The first-order valence-corrected chi connectivity index (χ1v) is 6.06. The zero-order valence-electron chi connectivity index (χ0n) is 10.2. The van der Waals surface area contributed by atoms with Crippen molar-refractivity contribution in [3.8, 4) is 5.75 Å². The maximum atomic E-state index is 10.9. The van der Waals surface area contributed by atoms with Crippen molar-refractivity contribution < 1.29 is 9.66 Å². The molecule has 0 saturated carbocycles. The zero-order valence-corrected chi connectivity index (χ0v) is 11.0. The van der Waals surface area contributed by atoms with E-state index in [-0.39, 0.29) is 18.0 Å². The molecule has 0 atom stereocenters. The number of nitrogens with zero attached hydrogens (tertiary/aromatic N) is 3. The third-order valence-electron chi connectivity index (χ3n) is 2.62. The fourth-order valence-electron chi connectivity index (χ4n) is 1.66. The van der Waals surface area contributed by atoms with Crippen LogP contribution < -0.4 is 4.74 Å². The largest absolute Gasteiger partial charge is 0.479 e. The molecule has 0 N–H and O–H groups in total. The molecule has 0 fully saturated rings. The third-order valence-corrected chi connectivity index (χ3v) is 2.85. The smallest absolute Gasteiger partial charge is 0.311 e. The van der Waals surface area contributed by atoms with Gasteiger partial charge in [0.25, 0.3) is 0 Å². The molecule has 1 aromatic carbocycles. The molecule has 2 aromatic rings. The first-order chi connectivity index (χ1) is 9.11. The molecule has 0 amide bonds. The first kappa shape index (κ1) is 13.4. The van der Waals surface area contributed by atoms with Crippen molar-refractivity contribution in [3.63, 3.8) is 0 Å². The molecule has 6 nitrogen and oxygen atoms in total. The fourth-order valence-corrected chi connectivity index (χ4v) is 1.83. The number of nitro benzene ring substituents is 1. The van der Waals surface area contributed by atoms with Gasteiger partial charge in [-0.25, -0.2) is 4.98 Å². The van der Waals surface area contributed by atoms with Gasteiger partial charge < -0.3 is 9.30 Å². The van der Waals surface area contributed by atoms with Gasteiger partial charge in [-0.3, -0.25) is 10.1 Å². The van der Waals surface area contributed by atoms with Gasteiger partial charge in [0.1, 0.15) is 12.4 Å². The molecule has 0 saturated heterocycles. The van der Waals surface area contributed by atoms with Crippen LogP contribution in [-0.4, -0.2) is 14.5 Å². The molecule has 0 aliphatic heterocycles. The summed E-state index contributed by atoms with van der Waals surface area (Å²) < 4.78 is 7.36. The molecule has 0 unspecified atom stereocenters. The Bertz CT molecular complexity index is 598. The predicted octanol–water partition coefficient (Wildman–Crippen LogP) is 3.04. The zero-order chi connectivity index (χ0) is 13.8. The van der Waals surface area contributed by atoms with Crippen LogP contribution in [0, 0.1) is 10.1 Å². The minimum Gasteiger partial charge on any atom is -0.479 e. The molecule has 0 aliphatic carbocycles. The Hall–Kier alpha value is -2.08. The molecule has 0 radical (unpaired) electrons. The summed E-state index contributed by atoms with van der Waals surface area (Å²) in [6, 6.07) is 4.21. The fraction of sp³-hybridized carbons (Fsp3) is 0.250. The number of aryl methyl sites for hydroxylation is 1. The van der Waals surface area contributed by atoms with Crippen LogP contribution in [0.15, 0.2) is 30.6 Å². The first-order valence-electron chi connectivity index (χ1n) is 5.68. The highest BCUT2D eigenvalue weighted by Gasteiger charge is 2.16. The van der Waals surface area contributed by atoms with E-state index in [0.717, 1.165) is 6.54 Å². The van der Waals surface area contributed by atoms with Crippen molar-refractivity contribution >= 4 is 17.3 Å². The van der Waals surface area contributed by atoms with Gasteiger partial charge in [0.2, 0.25) is 0 Å². The van der Waals surface area contributed by atoms with E-state index in [1.165, 1.54) is 18.2 Å². The lowest BCUT2D eigenvalue weighted by Crippen LogP contribution is -2.06. The minimum absolute atomic E-state index is 0.112. The number of aromatic nitrogens is 2. The Balaban J connectivity index is 2.19. The summed E-state index contributed by atoms with van der Waals surface area (Å²) in [6.45, 7) is 2.89. The summed E-state index contributed by atoms with van der Waals surface area (Å²) in [5, 5.41) is 11.3. The van der Waals surface area contributed by atoms with E-state index in [1.807, 2.05) is 17.7 Å². The monoisotopic (exact) mass is 281 g/mol. The van der Waals surface area contributed by atoms with Crippen molar-refractivity contribution in [2.45, 2.75) is 20.1 Å². The molecule has 1 heterocycles. The van der Waals surface area contributed by atoms with Gasteiger partial charge in [-0.05, 0) is 13.0 Å². The van der Waals surface area contributed by atoms with Crippen LogP contribution in [0.1, 0.15) is 12.7 Å². The van der Waals surface area contributed by atoms with E-state index >= 15 is 0 Å². The van der Waals surface area contributed by atoms with Gasteiger partial charge in [-0.15, -0.1) is 0 Å². The molecule has 19 heavy (non-hydrogen) atoms. The van der Waals surface area contributed by atoms with Crippen LogP contribution in [0.2, 0.25) is 5.02 Å². The molecule has 100 valence electrons. The summed E-state index contributed by atoms with van der Waals surface area (Å²) in [4.78, 5) is 14.5. The molecular formula is C12H12ClN3O3. The Morgan fingerprint density at radius 3 is 3.00 bits per heavy atom. The van der Waals surface area contributed by atoms with Gasteiger partial charge in [0, 0.05) is 36.1 Å². The van der Waals surface area contributed by atoms with Crippen molar-refractivity contribution in [1.82, 2.24) is 9.55 Å². The number of hydrogen-bond acceptors (Lipinski definition) is 4. The SMILES string of the molecule is CCn1ccnc1COc1cc(Cl)ccc1[N+](=O)[O-]. The number of hydrogen-bond donors (Lipinski definition) is 0. The number of halogens is 1. The molecule has 0 bridgehead atoms. The lowest BCUT2D eigenvalue weighted by molar-refractivity contribution is -0.385. The Labute approximate surface area is 114 Å². The van der Waals surface area contributed by atoms with E-state index in [1.54, 1.807) is 6.20 Å². The standard InChI is InChI=1S/C12H12ClN3O3/c1-2-15-6-5-14-12(15)8-19-11-7-9(13)3-4-10(11)16(17)18/h3-7H,2,8H2,1H3. The maximum Gasteiger partial charge on any atom is 0.311 e. The van der Waals surface area contributed by atoms with Gasteiger partial charge in [-0.2, -0.15) is 0 Å². The Kier molecular flexibility index (Phi) is 4.01. The van der Waals surface area contributed by atoms with Crippen molar-refractivity contribution in [1.29, 1.82) is 0 Å². The van der Waals surface area contributed by atoms with Crippen molar-refractivity contribution in [3.05, 3.63) is 51.6 Å². The summed E-state index contributed by atoms with van der Waals surface area (Å²) in [5.74, 6) is 0.847. The van der Waals surface area contributed by atoms with E-state index in [9.17, 15) is 10.1 Å². The van der Waals surface area contributed by atoms with Gasteiger partial charge in [-0.1, -0.05) is 11.6 Å². The third kappa shape index (κ3) is 3.03. The van der Waals surface area contributed by atoms with Gasteiger partial charge in [0.05, 0.1) is 4.92 Å². The average Bonchev–Trinajstić information content (AvgIpc) is 2.83. The number of rotatable bonds is 5. The topological polar surface area (TPSA) is 70.2 Å². The molecule has 7 heteroatoms. The van der Waals surface area contributed by atoms with Crippen LogP contribution in [0.4, 0.5) is 5.69 Å². The molecular weight excluding hydrogens is 270 g/mol. The summed E-state index contributed by atoms with van der Waals surface area (Å²) in [5.41, 5.74) is -0.112. The highest BCUT2D eigenvalue weighted by atomic mass is 35.5. The maximum absolute atomic E-state index is 10.9. The number of nitro groups is 1. The summed E-state index contributed by atoms with van der Waals surface area (Å²) >= 11 is 5.82. The van der Waals surface area contributed by atoms with E-state index < -0.39 is 4.92 Å².